The van der Waals surface area contributed by atoms with Crippen LogP contribution in [0.4, 0.5) is 20.3 Å². The van der Waals surface area contributed by atoms with Gasteiger partial charge in [0.15, 0.2) is 23.0 Å². The Morgan fingerprint density at radius 2 is 1.93 bits per heavy atom. The number of hydrogen-bond acceptors (Lipinski definition) is 7. The summed E-state index contributed by atoms with van der Waals surface area (Å²) in [4.78, 5) is 24.6. The van der Waals surface area contributed by atoms with Gasteiger partial charge in [0.1, 0.15) is 0 Å². The topological polar surface area (TPSA) is 95.8 Å². The maximum atomic E-state index is 14.9. The summed E-state index contributed by atoms with van der Waals surface area (Å²) in [5.74, 6) is -0.574. The van der Waals surface area contributed by atoms with E-state index < -0.39 is 11.6 Å². The fourth-order valence-corrected chi connectivity index (χ4v) is 6.36. The van der Waals surface area contributed by atoms with Crippen molar-refractivity contribution in [2.45, 2.75) is 32.6 Å². The van der Waals surface area contributed by atoms with E-state index in [-0.39, 0.29) is 17.2 Å². The number of rotatable bonds is 10. The van der Waals surface area contributed by atoms with Crippen LogP contribution in [0.2, 0.25) is 0 Å². The van der Waals surface area contributed by atoms with Crippen LogP contribution in [0.25, 0.3) is 16.9 Å². The van der Waals surface area contributed by atoms with E-state index in [1.165, 1.54) is 38.4 Å². The van der Waals surface area contributed by atoms with E-state index in [1.807, 2.05) is 25.1 Å². The molecular weight excluding hydrogens is 564 g/mol. The molecule has 1 atom stereocenters. The Morgan fingerprint density at radius 3 is 2.68 bits per heavy atom. The molecule has 2 fully saturated rings. The maximum Gasteiger partial charge on any atom is 0.251 e. The van der Waals surface area contributed by atoms with Crippen LogP contribution in [0.15, 0.2) is 48.9 Å². The number of hydrogen-bond donors (Lipinski definition) is 3. The minimum Gasteiger partial charge on any atom is -0.494 e. The van der Waals surface area contributed by atoms with Crippen LogP contribution in [-0.4, -0.2) is 71.6 Å². The molecule has 2 aromatic carbocycles. The second kappa shape index (κ2) is 13.3. The number of halogens is 2. The molecule has 0 spiro atoms. The number of likely N-dealkylation sites (tertiary alicyclic amines) is 1. The van der Waals surface area contributed by atoms with Crippen LogP contribution in [0.5, 0.6) is 5.75 Å². The first-order valence-electron chi connectivity index (χ1n) is 15.4. The van der Waals surface area contributed by atoms with Crippen molar-refractivity contribution >= 4 is 23.1 Å². The predicted molar refractivity (Wildman–Crippen MR) is 166 cm³/mol. The molecule has 6 rings (SSSR count). The van der Waals surface area contributed by atoms with Crippen molar-refractivity contribution in [3.05, 3.63) is 71.7 Å². The highest BCUT2D eigenvalue weighted by Crippen LogP contribution is 2.32. The van der Waals surface area contributed by atoms with E-state index in [0.717, 1.165) is 56.2 Å². The molecular formula is C33H39F2N7O2. The number of nitrogens with zero attached hydrogens (tertiary/aromatic N) is 4. The summed E-state index contributed by atoms with van der Waals surface area (Å²) in [6.07, 6.45) is 8.86. The predicted octanol–water partition coefficient (Wildman–Crippen LogP) is 5.04. The van der Waals surface area contributed by atoms with Gasteiger partial charge in [0.25, 0.3) is 5.91 Å². The molecule has 4 aromatic rings. The van der Waals surface area contributed by atoms with Gasteiger partial charge in [0.2, 0.25) is 5.82 Å². The third-order valence-electron chi connectivity index (χ3n) is 8.90. The van der Waals surface area contributed by atoms with Crippen LogP contribution in [0.3, 0.4) is 0 Å². The maximum absolute atomic E-state index is 14.9. The molecule has 1 unspecified atom stereocenters. The lowest BCUT2D eigenvalue weighted by atomic mass is 9.95. The van der Waals surface area contributed by atoms with E-state index in [0.29, 0.717) is 41.6 Å². The summed E-state index contributed by atoms with van der Waals surface area (Å²) in [5, 5.41) is 9.92. The van der Waals surface area contributed by atoms with Crippen molar-refractivity contribution in [2.24, 2.45) is 11.8 Å². The standard InChI is InChI=1S/C33H39F2N7O2/c1-3-23-16-24(4-5-25(23)33(43)39-18-21-9-13-41(14-10-21)20-22-8-11-36-17-22)40-31-32-38-19-27(42(32)15-12-37-31)26-6-7-28(44-2)30(35)29(26)34/h4-7,12,15-16,19,21-22,36H,3,8-11,13-14,17-18,20H2,1-2H3,(H,37,40)(H,39,43). The number of carbonyl (C=O) groups excluding carboxylic acids is 1. The highest BCUT2D eigenvalue weighted by atomic mass is 19.2. The van der Waals surface area contributed by atoms with E-state index in [4.69, 9.17) is 4.74 Å². The first-order valence-corrected chi connectivity index (χ1v) is 15.4. The normalized spacial score (nSPS) is 17.7. The van der Waals surface area contributed by atoms with Gasteiger partial charge in [0, 0.05) is 42.3 Å². The van der Waals surface area contributed by atoms with Crippen molar-refractivity contribution < 1.29 is 18.3 Å². The average molecular weight is 604 g/mol. The van der Waals surface area contributed by atoms with E-state index in [9.17, 15) is 13.6 Å². The van der Waals surface area contributed by atoms with Crippen LogP contribution in [-0.2, 0) is 6.42 Å². The summed E-state index contributed by atoms with van der Waals surface area (Å²) in [5.41, 5.74) is 3.21. The van der Waals surface area contributed by atoms with Crippen molar-refractivity contribution in [1.29, 1.82) is 0 Å². The number of aryl methyl sites for hydroxylation is 1. The Kier molecular flexibility index (Phi) is 9.04. The molecule has 1 amide bonds. The molecule has 0 aliphatic carbocycles. The van der Waals surface area contributed by atoms with Gasteiger partial charge in [-0.3, -0.25) is 9.20 Å². The van der Waals surface area contributed by atoms with Gasteiger partial charge in [-0.2, -0.15) is 4.39 Å². The van der Waals surface area contributed by atoms with Gasteiger partial charge in [0.05, 0.1) is 19.0 Å². The second-order valence-corrected chi connectivity index (χ2v) is 11.7. The number of ether oxygens (including phenoxy) is 1. The molecule has 2 saturated heterocycles. The Labute approximate surface area is 256 Å². The van der Waals surface area contributed by atoms with Gasteiger partial charge < -0.3 is 25.6 Å². The smallest absolute Gasteiger partial charge is 0.251 e. The number of aromatic nitrogens is 3. The molecule has 9 nitrogen and oxygen atoms in total. The third-order valence-corrected chi connectivity index (χ3v) is 8.90. The Hall–Kier alpha value is -4.09. The van der Waals surface area contributed by atoms with Crippen molar-refractivity contribution in [3.63, 3.8) is 0 Å². The molecule has 44 heavy (non-hydrogen) atoms. The molecule has 0 radical (unpaired) electrons. The SMILES string of the molecule is CCc1cc(Nc2nccn3c(-c4ccc(OC)c(F)c4F)cnc23)ccc1C(=O)NCC1CCN(CC2CCNC2)CC1. The zero-order valence-electron chi connectivity index (χ0n) is 25.2. The highest BCUT2D eigenvalue weighted by molar-refractivity contribution is 5.96. The van der Waals surface area contributed by atoms with Crippen molar-refractivity contribution in [1.82, 2.24) is 29.9 Å². The van der Waals surface area contributed by atoms with Crippen LogP contribution < -0.4 is 20.7 Å². The second-order valence-electron chi connectivity index (χ2n) is 11.7. The molecule has 2 aromatic heterocycles. The Balaban J connectivity index is 1.11. The lowest BCUT2D eigenvalue weighted by Crippen LogP contribution is -2.41. The molecule has 0 bridgehead atoms. The molecule has 3 N–H and O–H groups in total. The number of imidazole rings is 1. The van der Waals surface area contributed by atoms with E-state index in [1.54, 1.807) is 16.8 Å². The van der Waals surface area contributed by atoms with Crippen molar-refractivity contribution in [3.8, 4) is 17.0 Å². The third kappa shape index (κ3) is 6.25. The molecule has 2 aliphatic rings. The number of piperidine rings is 1. The number of carbonyl (C=O) groups is 1. The first kappa shape index (κ1) is 30.0. The lowest BCUT2D eigenvalue weighted by molar-refractivity contribution is 0.0933. The number of fused-ring (bicyclic) bond motifs is 1. The van der Waals surface area contributed by atoms with Gasteiger partial charge in [-0.1, -0.05) is 6.92 Å². The molecule has 11 heteroatoms. The quantitative estimate of drug-likeness (QED) is 0.234. The molecule has 0 saturated carbocycles. The minimum absolute atomic E-state index is 0.0558. The Morgan fingerprint density at radius 1 is 1.09 bits per heavy atom. The van der Waals surface area contributed by atoms with E-state index in [2.05, 4.69) is 30.8 Å². The number of nitrogens with one attached hydrogen (secondary N) is 3. The number of amides is 1. The monoisotopic (exact) mass is 603 g/mol. The summed E-state index contributed by atoms with van der Waals surface area (Å²) >= 11 is 0. The van der Waals surface area contributed by atoms with Gasteiger partial charge in [-0.05, 0) is 99.6 Å². The first-order chi connectivity index (χ1) is 21.4. The molecule has 232 valence electrons. The minimum atomic E-state index is -1.05. The van der Waals surface area contributed by atoms with Gasteiger partial charge in [-0.25, -0.2) is 14.4 Å². The lowest BCUT2D eigenvalue weighted by Gasteiger charge is -2.33. The zero-order chi connectivity index (χ0) is 30.6. The highest BCUT2D eigenvalue weighted by Gasteiger charge is 2.24. The summed E-state index contributed by atoms with van der Waals surface area (Å²) in [6.45, 7) is 8.36. The Bertz CT molecular complexity index is 1630. The van der Waals surface area contributed by atoms with E-state index >= 15 is 0 Å². The summed E-state index contributed by atoms with van der Waals surface area (Å²) in [7, 11) is 1.29. The van der Waals surface area contributed by atoms with Gasteiger partial charge >= 0.3 is 0 Å². The number of anilines is 2. The fourth-order valence-electron chi connectivity index (χ4n) is 6.36. The van der Waals surface area contributed by atoms with Gasteiger partial charge in [-0.15, -0.1) is 0 Å². The zero-order valence-corrected chi connectivity index (χ0v) is 25.2. The number of benzene rings is 2. The summed E-state index contributed by atoms with van der Waals surface area (Å²) < 4.78 is 35.8. The number of methoxy groups -OCH3 is 1. The molecule has 4 heterocycles. The largest absolute Gasteiger partial charge is 0.494 e. The average Bonchev–Trinajstić information content (AvgIpc) is 3.72. The fraction of sp³-hybridized carbons (Fsp3) is 0.424. The molecule has 2 aliphatic heterocycles. The van der Waals surface area contributed by atoms with Crippen LogP contribution in [0, 0.1) is 23.5 Å². The summed E-state index contributed by atoms with van der Waals surface area (Å²) in [6, 6.07) is 8.47. The van der Waals surface area contributed by atoms with Crippen molar-refractivity contribution in [2.75, 3.05) is 51.7 Å². The van der Waals surface area contributed by atoms with Crippen LogP contribution in [0.1, 0.15) is 42.1 Å². The van der Waals surface area contributed by atoms with Crippen LogP contribution >= 0.6 is 0 Å².